The summed E-state index contributed by atoms with van der Waals surface area (Å²) in [5.41, 5.74) is 3.93. The van der Waals surface area contributed by atoms with Crippen LogP contribution in [0.3, 0.4) is 0 Å². The Hall–Kier alpha value is -1.57. The second-order valence-corrected chi connectivity index (χ2v) is 16.4. The van der Waals surface area contributed by atoms with Crippen molar-refractivity contribution in [3.63, 3.8) is 0 Å². The van der Waals surface area contributed by atoms with Gasteiger partial charge in [0.2, 0.25) is 0 Å². The summed E-state index contributed by atoms with van der Waals surface area (Å²) in [6.45, 7) is 20.6. The van der Waals surface area contributed by atoms with E-state index >= 15 is 0 Å². The summed E-state index contributed by atoms with van der Waals surface area (Å²) in [5.74, 6) is 3.49. The standard InChI is InChI=1S/C37H54O2/c1-24-16-19-34(5)22-23-36(7)27(31(34)25(24)2)14-15-29-35(6)20-18-30(39-32(38)26-12-10-9-11-13-26)33(3,4)28(35)17-21-37(29,36)8/h9-14,24-25,28-31H,15-23H2,1-8H3/t24-,25?,28+,29?,30?,31?,34?,35?,36-,37?/m1/s1. The maximum absolute atomic E-state index is 13.1. The minimum Gasteiger partial charge on any atom is -0.458 e. The predicted octanol–water partition coefficient (Wildman–Crippen LogP) is 9.89. The summed E-state index contributed by atoms with van der Waals surface area (Å²) in [5, 5.41) is 0. The molecule has 0 aromatic heterocycles. The van der Waals surface area contributed by atoms with Gasteiger partial charge in [-0.25, -0.2) is 4.79 Å². The van der Waals surface area contributed by atoms with E-state index in [-0.39, 0.29) is 22.9 Å². The fourth-order valence-corrected chi connectivity index (χ4v) is 11.8. The molecule has 6 rings (SSSR count). The smallest absolute Gasteiger partial charge is 0.338 e. The van der Waals surface area contributed by atoms with Crippen molar-refractivity contribution in [2.45, 2.75) is 119 Å². The number of ether oxygens (including phenoxy) is 1. The van der Waals surface area contributed by atoms with E-state index in [2.05, 4.69) is 61.5 Å². The summed E-state index contributed by atoms with van der Waals surface area (Å²) in [4.78, 5) is 13.1. The van der Waals surface area contributed by atoms with Gasteiger partial charge in [0.15, 0.2) is 0 Å². The Morgan fingerprint density at radius 3 is 2.26 bits per heavy atom. The monoisotopic (exact) mass is 530 g/mol. The maximum atomic E-state index is 13.1. The van der Waals surface area contributed by atoms with Crippen molar-refractivity contribution >= 4 is 5.97 Å². The van der Waals surface area contributed by atoms with E-state index in [9.17, 15) is 4.79 Å². The van der Waals surface area contributed by atoms with Gasteiger partial charge in [0, 0.05) is 5.41 Å². The lowest BCUT2D eigenvalue weighted by molar-refractivity contribution is -0.204. The van der Waals surface area contributed by atoms with Gasteiger partial charge in [0.25, 0.3) is 0 Å². The topological polar surface area (TPSA) is 26.3 Å². The normalized spacial score (nSPS) is 48.5. The highest BCUT2D eigenvalue weighted by Gasteiger charge is 2.68. The van der Waals surface area contributed by atoms with Crippen molar-refractivity contribution in [1.29, 1.82) is 0 Å². The third-order valence-electron chi connectivity index (χ3n) is 14.6. The molecule has 0 amide bonds. The molecule has 0 N–H and O–H groups in total. The number of benzene rings is 1. The molecular formula is C37H54O2. The summed E-state index contributed by atoms with van der Waals surface area (Å²) in [7, 11) is 0. The van der Waals surface area contributed by atoms with Crippen LogP contribution in [0.2, 0.25) is 0 Å². The number of allylic oxidation sites excluding steroid dienone is 2. The van der Waals surface area contributed by atoms with Crippen molar-refractivity contribution in [3.05, 3.63) is 47.5 Å². The first kappa shape index (κ1) is 27.6. The van der Waals surface area contributed by atoms with Gasteiger partial charge in [0.05, 0.1) is 5.56 Å². The average molecular weight is 531 g/mol. The van der Waals surface area contributed by atoms with Crippen LogP contribution >= 0.6 is 0 Å². The van der Waals surface area contributed by atoms with Crippen LogP contribution in [0.1, 0.15) is 124 Å². The van der Waals surface area contributed by atoms with Gasteiger partial charge in [-0.05, 0) is 121 Å². The lowest BCUT2D eigenvalue weighted by atomic mass is 9.33. The van der Waals surface area contributed by atoms with E-state index in [4.69, 9.17) is 4.74 Å². The molecule has 0 aliphatic heterocycles. The molecule has 2 nitrogen and oxygen atoms in total. The van der Waals surface area contributed by atoms with Crippen molar-refractivity contribution in [2.75, 3.05) is 0 Å². The molecule has 1 aromatic rings. The third kappa shape index (κ3) is 3.74. The first-order chi connectivity index (χ1) is 18.3. The Labute approximate surface area is 238 Å². The number of carbonyl (C=O) groups excluding carboxylic acids is 1. The van der Waals surface area contributed by atoms with E-state index < -0.39 is 0 Å². The summed E-state index contributed by atoms with van der Waals surface area (Å²) in [6.07, 6.45) is 14.3. The molecule has 39 heavy (non-hydrogen) atoms. The predicted molar refractivity (Wildman–Crippen MR) is 160 cm³/mol. The molecule has 214 valence electrons. The number of hydrogen-bond acceptors (Lipinski definition) is 2. The Bertz CT molecular complexity index is 1150. The molecule has 10 atom stereocenters. The van der Waals surface area contributed by atoms with Crippen LogP contribution < -0.4 is 0 Å². The molecule has 0 spiro atoms. The third-order valence-corrected chi connectivity index (χ3v) is 14.6. The Morgan fingerprint density at radius 1 is 0.821 bits per heavy atom. The molecule has 2 heteroatoms. The molecule has 5 aliphatic rings. The molecule has 0 saturated heterocycles. The molecule has 7 unspecified atom stereocenters. The zero-order chi connectivity index (χ0) is 28.0. The SMILES string of the molecule is CC1C2C3=CCC4C5(C)CCC(OC(=O)c6ccccc6)C(C)(C)[C@@H]5CCC4(C)[C@]3(C)CCC2(C)CC[C@H]1C. The second-order valence-electron chi connectivity index (χ2n) is 16.4. The quantitative estimate of drug-likeness (QED) is 0.281. The van der Waals surface area contributed by atoms with Crippen molar-refractivity contribution in [3.8, 4) is 0 Å². The molecule has 4 saturated carbocycles. The number of fused-ring (bicyclic) bond motifs is 7. The molecular weight excluding hydrogens is 476 g/mol. The molecule has 5 aliphatic carbocycles. The van der Waals surface area contributed by atoms with Crippen molar-refractivity contribution in [2.24, 2.45) is 56.7 Å². The molecule has 0 radical (unpaired) electrons. The highest BCUT2D eigenvalue weighted by molar-refractivity contribution is 5.89. The van der Waals surface area contributed by atoms with E-state index in [0.29, 0.717) is 33.6 Å². The van der Waals surface area contributed by atoms with Crippen LogP contribution in [0.5, 0.6) is 0 Å². The minimum atomic E-state index is -0.156. The van der Waals surface area contributed by atoms with Gasteiger partial charge < -0.3 is 4.74 Å². The van der Waals surface area contributed by atoms with Gasteiger partial charge in [-0.15, -0.1) is 0 Å². The van der Waals surface area contributed by atoms with Crippen molar-refractivity contribution < 1.29 is 9.53 Å². The summed E-state index contributed by atoms with van der Waals surface area (Å²) >= 11 is 0. The van der Waals surface area contributed by atoms with Crippen LogP contribution in [0.25, 0.3) is 0 Å². The van der Waals surface area contributed by atoms with Crippen LogP contribution in [-0.4, -0.2) is 12.1 Å². The zero-order valence-electron chi connectivity index (χ0n) is 26.1. The van der Waals surface area contributed by atoms with Crippen LogP contribution in [0.15, 0.2) is 42.0 Å². The van der Waals surface area contributed by atoms with Crippen LogP contribution in [0, 0.1) is 56.7 Å². The molecule has 0 bridgehead atoms. The fourth-order valence-electron chi connectivity index (χ4n) is 11.8. The Morgan fingerprint density at radius 2 is 1.54 bits per heavy atom. The van der Waals surface area contributed by atoms with Gasteiger partial charge in [-0.3, -0.25) is 0 Å². The average Bonchev–Trinajstić information content (AvgIpc) is 2.89. The lowest BCUT2D eigenvalue weighted by Gasteiger charge is -2.71. The molecule has 1 aromatic carbocycles. The lowest BCUT2D eigenvalue weighted by Crippen LogP contribution is -2.65. The van der Waals surface area contributed by atoms with Crippen LogP contribution in [0.4, 0.5) is 0 Å². The highest BCUT2D eigenvalue weighted by Crippen LogP contribution is 2.75. The van der Waals surface area contributed by atoms with E-state index in [1.165, 1.54) is 51.4 Å². The Kier molecular flexibility index (Phi) is 6.34. The van der Waals surface area contributed by atoms with E-state index in [0.717, 1.165) is 24.2 Å². The number of esters is 1. The van der Waals surface area contributed by atoms with Gasteiger partial charge in [-0.1, -0.05) is 85.2 Å². The maximum Gasteiger partial charge on any atom is 0.338 e. The molecule has 0 heterocycles. The summed E-state index contributed by atoms with van der Waals surface area (Å²) in [6, 6.07) is 9.57. The van der Waals surface area contributed by atoms with Crippen LogP contribution in [-0.2, 0) is 4.74 Å². The highest BCUT2D eigenvalue weighted by atomic mass is 16.5. The first-order valence-corrected chi connectivity index (χ1v) is 16.2. The fraction of sp³-hybridized carbons (Fsp3) is 0.757. The van der Waals surface area contributed by atoms with E-state index in [1.54, 1.807) is 0 Å². The van der Waals surface area contributed by atoms with Gasteiger partial charge in [-0.2, -0.15) is 0 Å². The number of hydrogen-bond donors (Lipinski definition) is 0. The van der Waals surface area contributed by atoms with Gasteiger partial charge in [0.1, 0.15) is 6.10 Å². The van der Waals surface area contributed by atoms with Crippen molar-refractivity contribution in [1.82, 2.24) is 0 Å². The van der Waals surface area contributed by atoms with E-state index in [1.807, 2.05) is 35.9 Å². The zero-order valence-corrected chi connectivity index (χ0v) is 26.1. The second kappa shape index (κ2) is 8.96. The largest absolute Gasteiger partial charge is 0.458 e. The summed E-state index contributed by atoms with van der Waals surface area (Å²) < 4.78 is 6.29. The first-order valence-electron chi connectivity index (χ1n) is 16.2. The Balaban J connectivity index is 1.31. The molecule has 4 fully saturated rings. The number of carbonyl (C=O) groups is 1. The van der Waals surface area contributed by atoms with Gasteiger partial charge >= 0.3 is 5.97 Å². The minimum absolute atomic E-state index is 0.0159. The number of rotatable bonds is 2.